The second-order valence-corrected chi connectivity index (χ2v) is 6.93. The minimum Gasteiger partial charge on any atom is -0.368 e. The van der Waals surface area contributed by atoms with Crippen molar-refractivity contribution in [3.63, 3.8) is 0 Å². The molecule has 1 saturated heterocycles. The van der Waals surface area contributed by atoms with Gasteiger partial charge in [-0.1, -0.05) is 0 Å². The van der Waals surface area contributed by atoms with E-state index in [0.717, 1.165) is 18.8 Å². The normalized spacial score (nSPS) is 15.2. The van der Waals surface area contributed by atoms with Crippen LogP contribution < -0.4 is 14.9 Å². The van der Waals surface area contributed by atoms with Gasteiger partial charge in [0.15, 0.2) is 0 Å². The zero-order valence-electron chi connectivity index (χ0n) is 12.8. The van der Waals surface area contributed by atoms with E-state index < -0.39 is 10.0 Å². The van der Waals surface area contributed by atoms with Gasteiger partial charge in [-0.3, -0.25) is 0 Å². The predicted molar refractivity (Wildman–Crippen MR) is 89.0 cm³/mol. The highest BCUT2D eigenvalue weighted by molar-refractivity contribution is 7.89. The van der Waals surface area contributed by atoms with Gasteiger partial charge in [0.05, 0.1) is 4.90 Å². The maximum atomic E-state index is 11.3. The van der Waals surface area contributed by atoms with Gasteiger partial charge in [0.25, 0.3) is 0 Å². The van der Waals surface area contributed by atoms with Crippen LogP contribution >= 0.6 is 0 Å². The van der Waals surface area contributed by atoms with E-state index in [4.69, 9.17) is 10.4 Å². The van der Waals surface area contributed by atoms with Gasteiger partial charge in [-0.05, 0) is 30.3 Å². The third-order valence-corrected chi connectivity index (χ3v) is 4.78. The van der Waals surface area contributed by atoms with E-state index in [1.807, 2.05) is 11.0 Å². The Balaban J connectivity index is 1.68. The lowest BCUT2D eigenvalue weighted by Gasteiger charge is -2.36. The summed E-state index contributed by atoms with van der Waals surface area (Å²) < 4.78 is 22.6. The van der Waals surface area contributed by atoms with Crippen molar-refractivity contribution in [1.82, 2.24) is 9.97 Å². The highest BCUT2D eigenvalue weighted by atomic mass is 32.2. The zero-order valence-corrected chi connectivity index (χ0v) is 13.6. The second kappa shape index (κ2) is 6.43. The lowest BCUT2D eigenvalue weighted by molar-refractivity contribution is 0.597. The maximum absolute atomic E-state index is 11.3. The molecule has 1 aliphatic heterocycles. The molecule has 0 radical (unpaired) electrons. The van der Waals surface area contributed by atoms with Crippen LogP contribution in [0.25, 0.3) is 0 Å². The fourth-order valence-corrected chi connectivity index (χ4v) is 3.09. The Bertz CT molecular complexity index is 868. The minimum absolute atomic E-state index is 0.103. The van der Waals surface area contributed by atoms with Gasteiger partial charge in [0, 0.05) is 38.1 Å². The van der Waals surface area contributed by atoms with Crippen LogP contribution in [0.3, 0.4) is 0 Å². The molecule has 1 aromatic heterocycles. The lowest BCUT2D eigenvalue weighted by Crippen LogP contribution is -2.47. The van der Waals surface area contributed by atoms with Crippen molar-refractivity contribution < 1.29 is 8.42 Å². The molecule has 0 unspecified atom stereocenters. The summed E-state index contributed by atoms with van der Waals surface area (Å²) in [4.78, 5) is 12.7. The quantitative estimate of drug-likeness (QED) is 0.852. The van der Waals surface area contributed by atoms with Crippen LogP contribution in [0, 0.1) is 11.3 Å². The maximum Gasteiger partial charge on any atom is 0.238 e. The summed E-state index contributed by atoms with van der Waals surface area (Å²) in [6, 6.07) is 10.1. The molecule has 0 atom stereocenters. The highest BCUT2D eigenvalue weighted by Gasteiger charge is 2.20. The smallest absolute Gasteiger partial charge is 0.238 e. The molecule has 8 nitrogen and oxygen atoms in total. The fraction of sp³-hybridized carbons (Fsp3) is 0.267. The van der Waals surface area contributed by atoms with Crippen molar-refractivity contribution in [2.75, 3.05) is 36.0 Å². The van der Waals surface area contributed by atoms with Crippen LogP contribution in [0.15, 0.2) is 41.4 Å². The lowest BCUT2D eigenvalue weighted by atomic mass is 10.2. The Morgan fingerprint density at radius 1 is 1.04 bits per heavy atom. The molecule has 0 spiro atoms. The largest absolute Gasteiger partial charge is 0.368 e. The molecule has 0 bridgehead atoms. The number of nitriles is 1. The molecule has 2 N–H and O–H groups in total. The van der Waals surface area contributed by atoms with Gasteiger partial charge in [0.1, 0.15) is 11.8 Å². The Labute approximate surface area is 140 Å². The molecule has 0 aliphatic carbocycles. The van der Waals surface area contributed by atoms with E-state index in [1.165, 1.54) is 12.1 Å². The molecule has 0 amide bonds. The third-order valence-electron chi connectivity index (χ3n) is 3.85. The van der Waals surface area contributed by atoms with Crippen molar-refractivity contribution in [2.45, 2.75) is 4.90 Å². The van der Waals surface area contributed by atoms with Crippen LogP contribution in [-0.2, 0) is 10.0 Å². The minimum atomic E-state index is -3.67. The van der Waals surface area contributed by atoms with E-state index in [1.54, 1.807) is 24.4 Å². The monoisotopic (exact) mass is 344 g/mol. The standard InChI is InChI=1S/C15H16N6O2S/c16-11-12-5-6-18-15(19-12)21-9-7-20(8-10-21)13-1-3-14(4-2-13)24(17,22)23/h1-6H,7-10H2,(H2,17,22,23). The van der Waals surface area contributed by atoms with Crippen LogP contribution in [0.1, 0.15) is 5.69 Å². The van der Waals surface area contributed by atoms with Gasteiger partial charge >= 0.3 is 0 Å². The molecule has 2 aromatic rings. The molecule has 0 saturated carbocycles. The summed E-state index contributed by atoms with van der Waals surface area (Å²) in [6.45, 7) is 2.92. The molecule has 24 heavy (non-hydrogen) atoms. The molecule has 3 rings (SSSR count). The number of hydrogen-bond acceptors (Lipinski definition) is 7. The van der Waals surface area contributed by atoms with Crippen molar-refractivity contribution >= 4 is 21.7 Å². The number of anilines is 2. The first-order chi connectivity index (χ1) is 11.5. The number of benzene rings is 1. The van der Waals surface area contributed by atoms with E-state index in [0.29, 0.717) is 24.7 Å². The molecule has 9 heteroatoms. The summed E-state index contributed by atoms with van der Waals surface area (Å²) in [6.07, 6.45) is 1.58. The Morgan fingerprint density at radius 3 is 2.25 bits per heavy atom. The summed E-state index contributed by atoms with van der Waals surface area (Å²) in [7, 11) is -3.67. The Hall–Kier alpha value is -2.70. The number of primary sulfonamides is 1. The molecular formula is C15H16N6O2S. The van der Waals surface area contributed by atoms with Gasteiger partial charge in [0.2, 0.25) is 16.0 Å². The average molecular weight is 344 g/mol. The number of piperazine rings is 1. The molecular weight excluding hydrogens is 328 g/mol. The molecule has 1 aromatic carbocycles. The number of sulfonamides is 1. The van der Waals surface area contributed by atoms with E-state index >= 15 is 0 Å². The Kier molecular flexibility index (Phi) is 4.33. The fourth-order valence-electron chi connectivity index (χ4n) is 2.57. The third kappa shape index (κ3) is 3.45. The summed E-state index contributed by atoms with van der Waals surface area (Å²) >= 11 is 0. The highest BCUT2D eigenvalue weighted by Crippen LogP contribution is 2.20. The summed E-state index contributed by atoms with van der Waals surface area (Å²) in [5.74, 6) is 0.554. The van der Waals surface area contributed by atoms with Gasteiger partial charge in [-0.15, -0.1) is 0 Å². The van der Waals surface area contributed by atoms with Crippen molar-refractivity contribution in [1.29, 1.82) is 5.26 Å². The number of nitrogens with zero attached hydrogens (tertiary/aromatic N) is 5. The summed E-state index contributed by atoms with van der Waals surface area (Å²) in [5, 5.41) is 14.0. The van der Waals surface area contributed by atoms with Crippen LogP contribution in [0.2, 0.25) is 0 Å². The number of hydrogen-bond donors (Lipinski definition) is 1. The van der Waals surface area contributed by atoms with Gasteiger partial charge in [-0.2, -0.15) is 5.26 Å². The van der Waals surface area contributed by atoms with Gasteiger partial charge in [-0.25, -0.2) is 23.5 Å². The SMILES string of the molecule is N#Cc1ccnc(N2CCN(c3ccc(S(N)(=O)=O)cc3)CC2)n1. The van der Waals surface area contributed by atoms with Crippen molar-refractivity contribution in [3.05, 3.63) is 42.2 Å². The van der Waals surface area contributed by atoms with Gasteiger partial charge < -0.3 is 9.80 Å². The van der Waals surface area contributed by atoms with E-state index in [2.05, 4.69) is 14.9 Å². The molecule has 2 heterocycles. The van der Waals surface area contributed by atoms with E-state index in [-0.39, 0.29) is 4.90 Å². The summed E-state index contributed by atoms with van der Waals surface area (Å²) in [5.41, 5.74) is 1.29. The topological polar surface area (TPSA) is 116 Å². The zero-order chi connectivity index (χ0) is 17.2. The Morgan fingerprint density at radius 2 is 1.67 bits per heavy atom. The number of rotatable bonds is 3. The first-order valence-corrected chi connectivity index (χ1v) is 8.88. The van der Waals surface area contributed by atoms with E-state index in [9.17, 15) is 8.42 Å². The van der Waals surface area contributed by atoms with Crippen LogP contribution in [-0.4, -0.2) is 44.6 Å². The predicted octanol–water partition coefficient (Wildman–Crippen LogP) is 0.322. The van der Waals surface area contributed by atoms with Crippen molar-refractivity contribution in [2.24, 2.45) is 5.14 Å². The number of aromatic nitrogens is 2. The molecule has 1 aliphatic rings. The van der Waals surface area contributed by atoms with Crippen LogP contribution in [0.4, 0.5) is 11.6 Å². The average Bonchev–Trinajstić information content (AvgIpc) is 2.61. The van der Waals surface area contributed by atoms with Crippen LogP contribution in [0.5, 0.6) is 0 Å². The molecule has 1 fully saturated rings. The second-order valence-electron chi connectivity index (χ2n) is 5.37. The van der Waals surface area contributed by atoms with Crippen molar-refractivity contribution in [3.8, 4) is 6.07 Å². The number of nitrogens with two attached hydrogens (primary N) is 1. The first kappa shape index (κ1) is 16.2. The first-order valence-electron chi connectivity index (χ1n) is 7.33. The molecule has 124 valence electrons.